The maximum absolute atomic E-state index is 10.5. The van der Waals surface area contributed by atoms with Gasteiger partial charge in [0.1, 0.15) is 0 Å². The molecule has 10 nitrogen and oxygen atoms in total. The van der Waals surface area contributed by atoms with Crippen molar-refractivity contribution in [2.75, 3.05) is 13.1 Å². The van der Waals surface area contributed by atoms with E-state index in [0.29, 0.717) is 30.6 Å². The standard InChI is InChI=1S/C22H25N3O3.C21H33N3O/c26-21(27)14-15-23-16-18-10-12-19(13-11-18)22-24-20(28-25-22)9-5-4-8-17-6-2-1-3-7-17;1-3-5-7-8-9-11-20-23-21(24-25-20)19-14-12-18(13-15-19)17-22-16-10-6-4-2/h1-3,6-7,10-13,23H,4-5,8-9,14-16H2,(H,26,27);12-15,22H,3-11,16-17H2,1-2H3. The van der Waals surface area contributed by atoms with Crippen LogP contribution in [-0.4, -0.2) is 44.4 Å². The normalized spacial score (nSPS) is 11.0. The number of unbranched alkanes of at least 4 members (excludes halogenated alkanes) is 7. The van der Waals surface area contributed by atoms with Crippen molar-refractivity contribution in [3.05, 3.63) is 107 Å². The van der Waals surface area contributed by atoms with Crippen molar-refractivity contribution >= 4 is 5.97 Å². The van der Waals surface area contributed by atoms with E-state index in [4.69, 9.17) is 14.2 Å². The Balaban J connectivity index is 0.000000238. The molecule has 0 unspecified atom stereocenters. The number of nitrogens with one attached hydrogen (secondary N) is 2. The number of benzene rings is 3. The van der Waals surface area contributed by atoms with Crippen molar-refractivity contribution in [3.63, 3.8) is 0 Å². The van der Waals surface area contributed by atoms with E-state index in [1.165, 1.54) is 56.1 Å². The molecular weight excluding hydrogens is 665 g/mol. The number of hydrogen-bond acceptors (Lipinski definition) is 9. The van der Waals surface area contributed by atoms with Crippen molar-refractivity contribution < 1.29 is 18.9 Å². The maximum Gasteiger partial charge on any atom is 0.304 e. The number of hydrogen-bond donors (Lipinski definition) is 3. The molecule has 10 heteroatoms. The van der Waals surface area contributed by atoms with E-state index in [0.717, 1.165) is 74.2 Å². The van der Waals surface area contributed by atoms with Crippen LogP contribution in [0.3, 0.4) is 0 Å². The van der Waals surface area contributed by atoms with Gasteiger partial charge in [-0.25, -0.2) is 0 Å². The first-order chi connectivity index (χ1) is 26.0. The van der Waals surface area contributed by atoms with E-state index >= 15 is 0 Å². The second kappa shape index (κ2) is 24.5. The second-order valence-corrected chi connectivity index (χ2v) is 13.5. The molecule has 0 fully saturated rings. The molecule has 0 aliphatic heterocycles. The molecule has 0 spiro atoms. The molecule has 5 aromatic rings. The van der Waals surface area contributed by atoms with Crippen LogP contribution in [0.15, 0.2) is 87.9 Å². The average molecular weight is 723 g/mol. The van der Waals surface area contributed by atoms with Crippen molar-refractivity contribution in [1.29, 1.82) is 0 Å². The topological polar surface area (TPSA) is 139 Å². The van der Waals surface area contributed by atoms with Crippen molar-refractivity contribution in [3.8, 4) is 22.8 Å². The molecule has 0 amide bonds. The zero-order valence-electron chi connectivity index (χ0n) is 31.7. The van der Waals surface area contributed by atoms with Crippen LogP contribution < -0.4 is 10.6 Å². The molecule has 2 heterocycles. The summed E-state index contributed by atoms with van der Waals surface area (Å²) >= 11 is 0. The van der Waals surface area contributed by atoms with Gasteiger partial charge in [0.05, 0.1) is 6.42 Å². The maximum atomic E-state index is 10.5. The predicted octanol–water partition coefficient (Wildman–Crippen LogP) is 9.40. The summed E-state index contributed by atoms with van der Waals surface area (Å²) in [4.78, 5) is 19.5. The number of aromatic nitrogens is 4. The summed E-state index contributed by atoms with van der Waals surface area (Å²) in [6.45, 7) is 7.55. The Morgan fingerprint density at radius 3 is 1.60 bits per heavy atom. The molecule has 0 bridgehead atoms. The van der Waals surface area contributed by atoms with Gasteiger partial charge in [0.25, 0.3) is 0 Å². The summed E-state index contributed by atoms with van der Waals surface area (Å²) in [5.41, 5.74) is 5.66. The Hall–Kier alpha value is -4.67. The number of aliphatic carboxylic acids is 1. The lowest BCUT2D eigenvalue weighted by atomic mass is 10.1. The van der Waals surface area contributed by atoms with Gasteiger partial charge >= 0.3 is 5.97 Å². The lowest BCUT2D eigenvalue weighted by Gasteiger charge is -2.04. The number of aryl methyl sites for hydroxylation is 3. The fourth-order valence-electron chi connectivity index (χ4n) is 5.78. The zero-order valence-corrected chi connectivity index (χ0v) is 31.7. The lowest BCUT2D eigenvalue weighted by Crippen LogP contribution is -2.17. The SMILES string of the molecule is CCCCCCCc1nc(-c2ccc(CNCCCCC)cc2)no1.O=C(O)CCNCc1ccc(-c2noc(CCCCc3ccccc3)n2)cc1. The van der Waals surface area contributed by atoms with Crippen LogP contribution in [0.5, 0.6) is 0 Å². The van der Waals surface area contributed by atoms with Gasteiger partial charge in [-0.3, -0.25) is 4.79 Å². The molecule has 3 N–H and O–H groups in total. The molecule has 5 rings (SSSR count). The Morgan fingerprint density at radius 2 is 1.06 bits per heavy atom. The van der Waals surface area contributed by atoms with Gasteiger partial charge in [0.2, 0.25) is 23.4 Å². The fourth-order valence-corrected chi connectivity index (χ4v) is 5.78. The highest BCUT2D eigenvalue weighted by molar-refractivity contribution is 5.66. The minimum Gasteiger partial charge on any atom is -0.481 e. The molecule has 2 aromatic heterocycles. The molecular formula is C43H58N6O4. The monoisotopic (exact) mass is 722 g/mol. The number of rotatable bonds is 24. The van der Waals surface area contributed by atoms with Gasteiger partial charge in [0, 0.05) is 43.6 Å². The van der Waals surface area contributed by atoms with Gasteiger partial charge in [-0.2, -0.15) is 9.97 Å². The first kappa shape index (κ1) is 41.1. The van der Waals surface area contributed by atoms with Crippen molar-refractivity contribution in [1.82, 2.24) is 30.9 Å². The quantitative estimate of drug-likeness (QED) is 0.0528. The molecule has 0 atom stereocenters. The van der Waals surface area contributed by atoms with Crippen LogP contribution in [0.25, 0.3) is 22.8 Å². The van der Waals surface area contributed by atoms with E-state index in [1.54, 1.807) is 0 Å². The predicted molar refractivity (Wildman–Crippen MR) is 210 cm³/mol. The van der Waals surface area contributed by atoms with Crippen LogP contribution in [0.1, 0.15) is 113 Å². The van der Waals surface area contributed by atoms with Crippen LogP contribution >= 0.6 is 0 Å². The van der Waals surface area contributed by atoms with Gasteiger partial charge in [-0.05, 0) is 55.3 Å². The Labute approximate surface area is 315 Å². The highest BCUT2D eigenvalue weighted by Gasteiger charge is 2.10. The van der Waals surface area contributed by atoms with Crippen LogP contribution in [-0.2, 0) is 37.1 Å². The minimum atomic E-state index is -0.796. The molecule has 0 saturated heterocycles. The molecule has 53 heavy (non-hydrogen) atoms. The Kier molecular flexibility index (Phi) is 19.0. The second-order valence-electron chi connectivity index (χ2n) is 13.5. The van der Waals surface area contributed by atoms with Crippen molar-refractivity contribution in [2.45, 2.75) is 117 Å². The highest BCUT2D eigenvalue weighted by atomic mass is 16.5. The summed E-state index contributed by atoms with van der Waals surface area (Å²) in [7, 11) is 0. The van der Waals surface area contributed by atoms with Crippen LogP contribution in [0.2, 0.25) is 0 Å². The van der Waals surface area contributed by atoms with E-state index in [2.05, 4.69) is 93.3 Å². The average Bonchev–Trinajstić information content (AvgIpc) is 3.87. The van der Waals surface area contributed by atoms with Crippen LogP contribution in [0.4, 0.5) is 0 Å². The first-order valence-corrected chi connectivity index (χ1v) is 19.5. The van der Waals surface area contributed by atoms with Gasteiger partial charge < -0.3 is 24.8 Å². The van der Waals surface area contributed by atoms with E-state index in [1.807, 2.05) is 30.3 Å². The molecule has 0 saturated carbocycles. The third-order valence-electron chi connectivity index (χ3n) is 8.93. The molecule has 284 valence electrons. The number of carboxylic acid groups (broad SMARTS) is 1. The summed E-state index contributed by atoms with van der Waals surface area (Å²) in [6, 6.07) is 26.8. The first-order valence-electron chi connectivity index (χ1n) is 19.5. The minimum absolute atomic E-state index is 0.120. The van der Waals surface area contributed by atoms with Gasteiger partial charge in [-0.15, -0.1) is 0 Å². The Bertz CT molecular complexity index is 1690. The summed E-state index contributed by atoms with van der Waals surface area (Å²) in [5.74, 6) is 1.93. The van der Waals surface area contributed by atoms with Crippen molar-refractivity contribution in [2.24, 2.45) is 0 Å². The molecule has 0 radical (unpaired) electrons. The highest BCUT2D eigenvalue weighted by Crippen LogP contribution is 2.19. The number of carboxylic acids is 1. The van der Waals surface area contributed by atoms with E-state index < -0.39 is 5.97 Å². The largest absolute Gasteiger partial charge is 0.481 e. The Morgan fingerprint density at radius 1 is 0.566 bits per heavy atom. The zero-order chi connectivity index (χ0) is 37.4. The van der Waals surface area contributed by atoms with Gasteiger partial charge in [0.15, 0.2) is 0 Å². The smallest absolute Gasteiger partial charge is 0.304 e. The molecule has 0 aliphatic rings. The fraction of sp³-hybridized carbons (Fsp3) is 0.465. The van der Waals surface area contributed by atoms with Crippen LogP contribution in [0, 0.1) is 0 Å². The van der Waals surface area contributed by atoms with E-state index in [-0.39, 0.29) is 6.42 Å². The van der Waals surface area contributed by atoms with E-state index in [9.17, 15) is 4.79 Å². The molecule has 3 aromatic carbocycles. The summed E-state index contributed by atoms with van der Waals surface area (Å²) in [6.07, 6.45) is 15.0. The number of nitrogens with zero attached hydrogens (tertiary/aromatic N) is 4. The molecule has 0 aliphatic carbocycles. The van der Waals surface area contributed by atoms with Gasteiger partial charge in [-0.1, -0.05) is 142 Å². The summed E-state index contributed by atoms with van der Waals surface area (Å²) < 4.78 is 10.8. The lowest BCUT2D eigenvalue weighted by molar-refractivity contribution is -0.136. The third-order valence-corrected chi connectivity index (χ3v) is 8.93. The third kappa shape index (κ3) is 16.3. The summed E-state index contributed by atoms with van der Waals surface area (Å²) in [5, 5.41) is 23.4. The number of carbonyl (C=O) groups is 1.